The van der Waals surface area contributed by atoms with Gasteiger partial charge in [0.15, 0.2) is 5.58 Å². The maximum atomic E-state index is 12.6. The molecule has 5 rings (SSSR count). The van der Waals surface area contributed by atoms with E-state index in [1.807, 2.05) is 60.7 Å². The van der Waals surface area contributed by atoms with Crippen LogP contribution >= 0.6 is 34.5 Å². The Morgan fingerprint density at radius 2 is 1.83 bits per heavy atom. The lowest BCUT2D eigenvalue weighted by molar-refractivity contribution is 0.0955. The molecule has 0 aliphatic rings. The number of aromatic nitrogens is 1. The number of fused-ring (bicyclic) bond motifs is 2. The Kier molecular flexibility index (Phi) is 4.95. The first-order valence-electron chi connectivity index (χ1n) is 9.19. The van der Waals surface area contributed by atoms with Crippen LogP contribution in [-0.2, 0) is 6.54 Å². The molecule has 1 amide bonds. The Hall–Kier alpha value is -2.86. The first-order chi connectivity index (χ1) is 14.6. The molecule has 2 heterocycles. The standard InChI is InChI=1S/C23H14Cl2N2O2S/c24-15-9-10-16-19(11-15)30-21(20(16)25)22(28)26-12-13-5-7-14(8-6-13)23-27-17-3-1-2-4-18(17)29-23/h1-11H,12H2,(H,26,28). The molecule has 5 aromatic rings. The fraction of sp³-hybridized carbons (Fsp3) is 0.0435. The summed E-state index contributed by atoms with van der Waals surface area (Å²) in [5.41, 5.74) is 3.42. The maximum Gasteiger partial charge on any atom is 0.263 e. The molecule has 0 radical (unpaired) electrons. The zero-order valence-electron chi connectivity index (χ0n) is 15.5. The zero-order valence-corrected chi connectivity index (χ0v) is 17.8. The quantitative estimate of drug-likeness (QED) is 0.321. The van der Waals surface area contributed by atoms with E-state index in [0.29, 0.717) is 27.4 Å². The molecule has 148 valence electrons. The Balaban J connectivity index is 1.30. The van der Waals surface area contributed by atoms with Crippen molar-refractivity contribution in [3.63, 3.8) is 0 Å². The van der Waals surface area contributed by atoms with Crippen LogP contribution in [0.25, 0.3) is 32.6 Å². The minimum absolute atomic E-state index is 0.208. The van der Waals surface area contributed by atoms with Crippen molar-refractivity contribution in [2.45, 2.75) is 6.54 Å². The van der Waals surface area contributed by atoms with Gasteiger partial charge in [0.1, 0.15) is 10.4 Å². The summed E-state index contributed by atoms with van der Waals surface area (Å²) in [5.74, 6) is 0.364. The molecule has 4 nitrogen and oxygen atoms in total. The summed E-state index contributed by atoms with van der Waals surface area (Å²) in [7, 11) is 0. The SMILES string of the molecule is O=C(NCc1ccc(-c2nc3ccccc3o2)cc1)c1sc2cc(Cl)ccc2c1Cl. The van der Waals surface area contributed by atoms with Crippen LogP contribution in [0, 0.1) is 0 Å². The van der Waals surface area contributed by atoms with Crippen LogP contribution in [0.5, 0.6) is 0 Å². The predicted octanol–water partition coefficient (Wildman–Crippen LogP) is 6.95. The van der Waals surface area contributed by atoms with Crippen molar-refractivity contribution in [3.05, 3.63) is 87.2 Å². The fourth-order valence-corrected chi connectivity index (χ4v) is 4.92. The molecule has 0 bridgehead atoms. The molecular weight excluding hydrogens is 439 g/mol. The smallest absolute Gasteiger partial charge is 0.263 e. The normalized spacial score (nSPS) is 11.3. The highest BCUT2D eigenvalue weighted by molar-refractivity contribution is 7.21. The number of carbonyl (C=O) groups excluding carboxylic acids is 1. The molecular formula is C23H14Cl2N2O2S. The van der Waals surface area contributed by atoms with Gasteiger partial charge in [-0.1, -0.05) is 53.5 Å². The van der Waals surface area contributed by atoms with Gasteiger partial charge in [-0.2, -0.15) is 0 Å². The van der Waals surface area contributed by atoms with E-state index in [9.17, 15) is 4.79 Å². The Morgan fingerprint density at radius 1 is 1.03 bits per heavy atom. The number of thiophene rings is 1. The largest absolute Gasteiger partial charge is 0.436 e. The second-order valence-corrected chi connectivity index (χ2v) is 8.62. The lowest BCUT2D eigenvalue weighted by Gasteiger charge is -2.05. The van der Waals surface area contributed by atoms with Gasteiger partial charge in [0.2, 0.25) is 5.89 Å². The van der Waals surface area contributed by atoms with Crippen LogP contribution in [0.3, 0.4) is 0 Å². The van der Waals surface area contributed by atoms with Crippen molar-refractivity contribution in [2.75, 3.05) is 0 Å². The van der Waals surface area contributed by atoms with Gasteiger partial charge < -0.3 is 9.73 Å². The summed E-state index contributed by atoms with van der Waals surface area (Å²) in [6.45, 7) is 0.387. The molecule has 0 spiro atoms. The van der Waals surface area contributed by atoms with E-state index in [1.54, 1.807) is 6.07 Å². The Bertz CT molecular complexity index is 1360. The number of carbonyl (C=O) groups is 1. The van der Waals surface area contributed by atoms with Gasteiger partial charge in [-0.05, 0) is 42.0 Å². The van der Waals surface area contributed by atoms with Crippen LogP contribution < -0.4 is 5.32 Å². The third-order valence-corrected chi connectivity index (χ3v) is 6.64. The summed E-state index contributed by atoms with van der Waals surface area (Å²) < 4.78 is 6.69. The highest BCUT2D eigenvalue weighted by Gasteiger charge is 2.17. The van der Waals surface area contributed by atoms with Gasteiger partial charge in [-0.25, -0.2) is 4.98 Å². The molecule has 0 unspecified atom stereocenters. The minimum atomic E-state index is -0.208. The molecule has 0 aliphatic carbocycles. The summed E-state index contributed by atoms with van der Waals surface area (Å²) in [6, 6.07) is 20.8. The predicted molar refractivity (Wildman–Crippen MR) is 122 cm³/mol. The van der Waals surface area contributed by atoms with Gasteiger partial charge in [0.25, 0.3) is 5.91 Å². The topological polar surface area (TPSA) is 55.1 Å². The number of halogens is 2. The minimum Gasteiger partial charge on any atom is -0.436 e. The second kappa shape index (κ2) is 7.76. The molecule has 1 N–H and O–H groups in total. The highest BCUT2D eigenvalue weighted by atomic mass is 35.5. The van der Waals surface area contributed by atoms with Gasteiger partial charge in [0, 0.05) is 27.2 Å². The molecule has 0 fully saturated rings. The van der Waals surface area contributed by atoms with Gasteiger partial charge in [0.05, 0.1) is 5.02 Å². The number of nitrogens with one attached hydrogen (secondary N) is 1. The van der Waals surface area contributed by atoms with E-state index in [0.717, 1.165) is 32.3 Å². The number of para-hydroxylation sites is 2. The third kappa shape index (κ3) is 3.56. The van der Waals surface area contributed by atoms with E-state index in [1.165, 1.54) is 11.3 Å². The molecule has 0 aliphatic heterocycles. The van der Waals surface area contributed by atoms with Gasteiger partial charge in [-0.15, -0.1) is 11.3 Å². The maximum absolute atomic E-state index is 12.6. The lowest BCUT2D eigenvalue weighted by atomic mass is 10.1. The number of benzene rings is 3. The zero-order chi connectivity index (χ0) is 20.7. The number of rotatable bonds is 4. The van der Waals surface area contributed by atoms with Crippen molar-refractivity contribution >= 4 is 61.6 Å². The van der Waals surface area contributed by atoms with Crippen LogP contribution in [0.4, 0.5) is 0 Å². The molecule has 3 aromatic carbocycles. The second-order valence-electron chi connectivity index (χ2n) is 6.75. The Morgan fingerprint density at radius 3 is 2.63 bits per heavy atom. The van der Waals surface area contributed by atoms with Crippen LogP contribution in [0.1, 0.15) is 15.2 Å². The van der Waals surface area contributed by atoms with Crippen molar-refractivity contribution in [1.82, 2.24) is 10.3 Å². The third-order valence-electron chi connectivity index (χ3n) is 4.75. The number of hydrogen-bond acceptors (Lipinski definition) is 4. The molecule has 0 saturated carbocycles. The van der Waals surface area contributed by atoms with Crippen LogP contribution in [0.15, 0.2) is 71.1 Å². The molecule has 30 heavy (non-hydrogen) atoms. The van der Waals surface area contributed by atoms with Crippen LogP contribution in [-0.4, -0.2) is 10.9 Å². The molecule has 7 heteroatoms. The summed E-state index contributed by atoms with van der Waals surface area (Å²) in [4.78, 5) is 17.6. The average Bonchev–Trinajstić information content (AvgIpc) is 3.33. The van der Waals surface area contributed by atoms with E-state index in [-0.39, 0.29) is 5.91 Å². The number of amides is 1. The number of oxazole rings is 1. The van der Waals surface area contributed by atoms with Crippen molar-refractivity contribution in [1.29, 1.82) is 0 Å². The van der Waals surface area contributed by atoms with Crippen molar-refractivity contribution in [2.24, 2.45) is 0 Å². The average molecular weight is 453 g/mol. The first-order valence-corrected chi connectivity index (χ1v) is 10.8. The first kappa shape index (κ1) is 19.1. The van der Waals surface area contributed by atoms with E-state index < -0.39 is 0 Å². The van der Waals surface area contributed by atoms with E-state index in [4.69, 9.17) is 27.6 Å². The molecule has 0 atom stereocenters. The van der Waals surface area contributed by atoms with Crippen molar-refractivity contribution in [3.8, 4) is 11.5 Å². The summed E-state index contributed by atoms with van der Waals surface area (Å²) in [6.07, 6.45) is 0. The molecule has 2 aromatic heterocycles. The fourth-order valence-electron chi connectivity index (χ4n) is 3.21. The summed E-state index contributed by atoms with van der Waals surface area (Å²) in [5, 5.41) is 4.83. The lowest BCUT2D eigenvalue weighted by Crippen LogP contribution is -2.22. The van der Waals surface area contributed by atoms with E-state index in [2.05, 4.69) is 10.3 Å². The number of hydrogen-bond donors (Lipinski definition) is 1. The highest BCUT2D eigenvalue weighted by Crippen LogP contribution is 2.36. The van der Waals surface area contributed by atoms with Crippen LogP contribution in [0.2, 0.25) is 10.0 Å². The Labute approximate surface area is 186 Å². The van der Waals surface area contributed by atoms with E-state index >= 15 is 0 Å². The number of nitrogens with zero attached hydrogens (tertiary/aromatic N) is 1. The van der Waals surface area contributed by atoms with Gasteiger partial charge >= 0.3 is 0 Å². The van der Waals surface area contributed by atoms with Gasteiger partial charge in [-0.3, -0.25) is 4.79 Å². The van der Waals surface area contributed by atoms with Crippen molar-refractivity contribution < 1.29 is 9.21 Å². The molecule has 0 saturated heterocycles. The summed E-state index contributed by atoms with van der Waals surface area (Å²) >= 11 is 13.8. The monoisotopic (exact) mass is 452 g/mol.